The number of carbonyl (C=O) groups excluding carboxylic acids is 1. The number of aromatic amines is 1. The third kappa shape index (κ3) is 3.09. The summed E-state index contributed by atoms with van der Waals surface area (Å²) in [5.74, 6) is -0.280. The minimum Gasteiger partial charge on any atom is -0.321 e. The average molecular weight is 280 g/mol. The predicted molar refractivity (Wildman–Crippen MR) is 82.6 cm³/mol. The number of pyridine rings is 1. The molecule has 2 rings (SSSR count). The van der Waals surface area contributed by atoms with Crippen LogP contribution in [0.3, 0.4) is 0 Å². The van der Waals surface area contributed by atoms with Crippen LogP contribution in [-0.2, 0) is 4.79 Å². The normalized spacial score (nSPS) is 12.2. The number of nitriles is 1. The van der Waals surface area contributed by atoms with E-state index in [4.69, 9.17) is 0 Å². The van der Waals surface area contributed by atoms with Gasteiger partial charge in [-0.1, -0.05) is 39.0 Å². The van der Waals surface area contributed by atoms with E-state index in [1.54, 1.807) is 32.9 Å². The van der Waals surface area contributed by atoms with Crippen molar-refractivity contribution >= 4 is 22.8 Å². The Morgan fingerprint density at radius 3 is 2.57 bits per heavy atom. The summed E-state index contributed by atoms with van der Waals surface area (Å²) < 4.78 is 0. The molecule has 4 nitrogen and oxygen atoms in total. The lowest BCUT2D eigenvalue weighted by atomic mass is 9.86. The second-order valence-electron chi connectivity index (χ2n) is 5.89. The van der Waals surface area contributed by atoms with Crippen molar-refractivity contribution in [1.82, 2.24) is 4.98 Å². The number of allylic oxidation sites excluding steroid dienone is 1. The van der Waals surface area contributed by atoms with Gasteiger partial charge >= 0.3 is 0 Å². The molecule has 0 radical (unpaired) electrons. The Morgan fingerprint density at radius 2 is 1.95 bits per heavy atom. The number of nitrogens with one attached hydrogen (secondary N) is 1. The first-order valence-corrected chi connectivity index (χ1v) is 6.61. The number of carbonyl (C=O) groups is 1. The Balaban J connectivity index is 2.58. The SMILES string of the molecule is CC(C)(C)C(=O)/C(C#N)=C/c1cc2ccccc2[nH]c1=O. The second kappa shape index (κ2) is 5.37. The lowest BCUT2D eigenvalue weighted by Gasteiger charge is -2.15. The van der Waals surface area contributed by atoms with Crippen LogP contribution in [0.15, 0.2) is 40.7 Å². The number of Topliss-reactive ketones (excluding diaryl/α,β-unsaturated/α-hetero) is 1. The molecule has 0 saturated carbocycles. The first-order chi connectivity index (χ1) is 9.82. The van der Waals surface area contributed by atoms with Crippen LogP contribution < -0.4 is 5.56 Å². The van der Waals surface area contributed by atoms with Gasteiger partial charge in [0.15, 0.2) is 5.78 Å². The molecule has 21 heavy (non-hydrogen) atoms. The van der Waals surface area contributed by atoms with Gasteiger partial charge in [-0.25, -0.2) is 0 Å². The summed E-state index contributed by atoms with van der Waals surface area (Å²) in [6, 6.07) is 10.9. The standard InChI is InChI=1S/C17H16N2O2/c1-17(2,3)15(20)13(10-18)9-12-8-11-6-4-5-7-14(11)19-16(12)21/h4-9H,1-3H3,(H,19,21)/b13-9+. The summed E-state index contributed by atoms with van der Waals surface area (Å²) >= 11 is 0. The van der Waals surface area contributed by atoms with Crippen molar-refractivity contribution in [2.45, 2.75) is 20.8 Å². The van der Waals surface area contributed by atoms with Crippen LogP contribution in [0.25, 0.3) is 17.0 Å². The molecule has 4 heteroatoms. The smallest absolute Gasteiger partial charge is 0.255 e. The molecular formula is C17H16N2O2. The van der Waals surface area contributed by atoms with E-state index < -0.39 is 5.41 Å². The lowest BCUT2D eigenvalue weighted by molar-refractivity contribution is -0.121. The summed E-state index contributed by atoms with van der Waals surface area (Å²) in [4.78, 5) is 27.0. The molecule has 1 heterocycles. The van der Waals surface area contributed by atoms with E-state index in [1.807, 2.05) is 24.3 Å². The highest BCUT2D eigenvalue weighted by atomic mass is 16.1. The number of nitrogens with zero attached hydrogens (tertiary/aromatic N) is 1. The largest absolute Gasteiger partial charge is 0.321 e. The van der Waals surface area contributed by atoms with Gasteiger partial charge in [-0.2, -0.15) is 5.26 Å². The van der Waals surface area contributed by atoms with E-state index in [-0.39, 0.29) is 16.9 Å². The maximum atomic E-state index is 12.2. The molecular weight excluding hydrogens is 264 g/mol. The Hall–Kier alpha value is -2.67. The molecule has 0 amide bonds. The molecule has 0 unspecified atom stereocenters. The molecule has 1 aromatic carbocycles. The van der Waals surface area contributed by atoms with Crippen LogP contribution in [0, 0.1) is 16.7 Å². The van der Waals surface area contributed by atoms with E-state index in [0.29, 0.717) is 5.56 Å². The molecule has 0 aliphatic heterocycles. The van der Waals surface area contributed by atoms with Crippen molar-refractivity contribution in [3.63, 3.8) is 0 Å². The summed E-state index contributed by atoms with van der Waals surface area (Å²) in [6.45, 7) is 5.22. The number of ketones is 1. The van der Waals surface area contributed by atoms with Gasteiger partial charge in [-0.3, -0.25) is 9.59 Å². The highest BCUT2D eigenvalue weighted by Crippen LogP contribution is 2.21. The predicted octanol–water partition coefficient (Wildman–Crippen LogP) is 3.05. The molecule has 0 saturated heterocycles. The zero-order valence-electron chi connectivity index (χ0n) is 12.2. The molecule has 2 aromatic rings. The van der Waals surface area contributed by atoms with Gasteiger partial charge in [0.1, 0.15) is 6.07 Å². The van der Waals surface area contributed by atoms with Gasteiger partial charge in [0.05, 0.1) is 5.57 Å². The van der Waals surface area contributed by atoms with Gasteiger partial charge in [-0.15, -0.1) is 0 Å². The molecule has 0 aliphatic rings. The lowest BCUT2D eigenvalue weighted by Crippen LogP contribution is -2.22. The molecule has 0 aliphatic carbocycles. The maximum absolute atomic E-state index is 12.2. The average Bonchev–Trinajstić information content (AvgIpc) is 2.43. The van der Waals surface area contributed by atoms with Crippen LogP contribution in [0.5, 0.6) is 0 Å². The number of fused-ring (bicyclic) bond motifs is 1. The first-order valence-electron chi connectivity index (χ1n) is 6.61. The number of para-hydroxylation sites is 1. The second-order valence-corrected chi connectivity index (χ2v) is 5.89. The van der Waals surface area contributed by atoms with Crippen LogP contribution >= 0.6 is 0 Å². The summed E-state index contributed by atoms with van der Waals surface area (Å²) in [6.07, 6.45) is 1.36. The Morgan fingerprint density at radius 1 is 1.29 bits per heavy atom. The molecule has 0 atom stereocenters. The van der Waals surface area contributed by atoms with Crippen molar-refractivity contribution in [1.29, 1.82) is 5.26 Å². The highest BCUT2D eigenvalue weighted by Gasteiger charge is 2.25. The number of rotatable bonds is 2. The number of aromatic nitrogens is 1. The number of hydrogen-bond donors (Lipinski definition) is 1. The van der Waals surface area contributed by atoms with Gasteiger partial charge in [0, 0.05) is 16.5 Å². The minimum absolute atomic E-state index is 0.0109. The van der Waals surface area contributed by atoms with E-state index in [2.05, 4.69) is 4.98 Å². The molecule has 0 spiro atoms. The maximum Gasteiger partial charge on any atom is 0.255 e. The Kier molecular flexibility index (Phi) is 3.77. The molecule has 1 aromatic heterocycles. The molecule has 0 fully saturated rings. The monoisotopic (exact) mass is 280 g/mol. The highest BCUT2D eigenvalue weighted by molar-refractivity contribution is 6.06. The quantitative estimate of drug-likeness (QED) is 0.678. The van der Waals surface area contributed by atoms with Crippen molar-refractivity contribution in [3.8, 4) is 6.07 Å². The Bertz CT molecular complexity index is 830. The van der Waals surface area contributed by atoms with Crippen molar-refractivity contribution in [3.05, 3.63) is 51.8 Å². The zero-order valence-corrected chi connectivity index (χ0v) is 12.2. The van der Waals surface area contributed by atoms with E-state index in [1.165, 1.54) is 6.08 Å². The van der Waals surface area contributed by atoms with Crippen LogP contribution in [0.2, 0.25) is 0 Å². The molecule has 0 bridgehead atoms. The van der Waals surface area contributed by atoms with E-state index >= 15 is 0 Å². The van der Waals surface area contributed by atoms with Gasteiger partial charge < -0.3 is 4.98 Å². The molecule has 106 valence electrons. The van der Waals surface area contributed by atoms with Gasteiger partial charge in [0.2, 0.25) is 0 Å². The van der Waals surface area contributed by atoms with Gasteiger partial charge in [0.25, 0.3) is 5.56 Å². The van der Waals surface area contributed by atoms with E-state index in [9.17, 15) is 14.9 Å². The minimum atomic E-state index is -0.662. The fourth-order valence-electron chi connectivity index (χ4n) is 1.98. The van der Waals surface area contributed by atoms with E-state index in [0.717, 1.165) is 10.9 Å². The number of H-pyrrole nitrogens is 1. The number of benzene rings is 1. The fraction of sp³-hybridized carbons (Fsp3) is 0.235. The van der Waals surface area contributed by atoms with Crippen molar-refractivity contribution in [2.24, 2.45) is 5.41 Å². The topological polar surface area (TPSA) is 73.7 Å². The third-order valence-corrected chi connectivity index (χ3v) is 3.13. The van der Waals surface area contributed by atoms with Crippen molar-refractivity contribution in [2.75, 3.05) is 0 Å². The van der Waals surface area contributed by atoms with Crippen LogP contribution in [0.4, 0.5) is 0 Å². The number of hydrogen-bond acceptors (Lipinski definition) is 3. The summed E-state index contributed by atoms with van der Waals surface area (Å²) in [5, 5.41) is 10.0. The van der Waals surface area contributed by atoms with Crippen LogP contribution in [0.1, 0.15) is 26.3 Å². The zero-order chi connectivity index (χ0) is 15.6. The van der Waals surface area contributed by atoms with Crippen LogP contribution in [-0.4, -0.2) is 10.8 Å². The summed E-state index contributed by atoms with van der Waals surface area (Å²) in [5.41, 5.74) is 0.0418. The third-order valence-electron chi connectivity index (χ3n) is 3.13. The first kappa shape index (κ1) is 14.7. The summed E-state index contributed by atoms with van der Waals surface area (Å²) in [7, 11) is 0. The Labute approximate surface area is 122 Å². The molecule has 1 N–H and O–H groups in total. The van der Waals surface area contributed by atoms with Gasteiger partial charge in [-0.05, 0) is 23.6 Å². The van der Waals surface area contributed by atoms with Crippen molar-refractivity contribution < 1.29 is 4.79 Å². The fourth-order valence-corrected chi connectivity index (χ4v) is 1.98.